The van der Waals surface area contributed by atoms with Gasteiger partial charge in [0.05, 0.1) is 11.4 Å². The third-order valence-corrected chi connectivity index (χ3v) is 5.58. The van der Waals surface area contributed by atoms with E-state index >= 15 is 0 Å². The number of amides is 4. The molecule has 2 aromatic carbocycles. The van der Waals surface area contributed by atoms with Gasteiger partial charge in [-0.05, 0) is 68.0 Å². The van der Waals surface area contributed by atoms with E-state index in [9.17, 15) is 23.2 Å². The zero-order chi connectivity index (χ0) is 23.2. The molecular weight excluding hydrogens is 484 g/mol. The molecule has 1 N–H and O–H groups in total. The Kier molecular flexibility index (Phi) is 5.52. The van der Waals surface area contributed by atoms with Crippen LogP contribution in [0.5, 0.6) is 0 Å². The number of nitrogens with zero attached hydrogens (tertiary/aromatic N) is 2. The van der Waals surface area contributed by atoms with Crippen molar-refractivity contribution < 1.29 is 23.2 Å². The topological polar surface area (TPSA) is 71.4 Å². The summed E-state index contributed by atoms with van der Waals surface area (Å²) in [5, 5.41) is 2.10. The van der Waals surface area contributed by atoms with E-state index in [4.69, 9.17) is 0 Å². The molecule has 4 rings (SSSR count). The number of barbiturate groups is 1. The molecular formula is C23H16BrF2N3O3. The highest BCUT2D eigenvalue weighted by Crippen LogP contribution is 2.28. The second-order valence-electron chi connectivity index (χ2n) is 7.20. The molecule has 4 amide bonds. The highest BCUT2D eigenvalue weighted by molar-refractivity contribution is 9.10. The number of halogens is 3. The first kappa shape index (κ1) is 21.6. The summed E-state index contributed by atoms with van der Waals surface area (Å²) in [6.07, 6.45) is 1.34. The quantitative estimate of drug-likeness (QED) is 0.415. The fourth-order valence-corrected chi connectivity index (χ4v) is 3.96. The van der Waals surface area contributed by atoms with Crippen molar-refractivity contribution in [2.75, 3.05) is 4.90 Å². The van der Waals surface area contributed by atoms with Crippen molar-refractivity contribution >= 4 is 45.5 Å². The van der Waals surface area contributed by atoms with Crippen LogP contribution in [0.25, 0.3) is 11.8 Å². The number of carbonyl (C=O) groups is 3. The van der Waals surface area contributed by atoms with Crippen molar-refractivity contribution in [1.82, 2.24) is 9.88 Å². The van der Waals surface area contributed by atoms with E-state index in [1.54, 1.807) is 36.6 Å². The molecule has 0 unspecified atom stereocenters. The molecule has 2 heterocycles. The van der Waals surface area contributed by atoms with E-state index in [1.165, 1.54) is 30.3 Å². The summed E-state index contributed by atoms with van der Waals surface area (Å²) in [4.78, 5) is 38.4. The molecule has 1 saturated heterocycles. The van der Waals surface area contributed by atoms with Crippen molar-refractivity contribution in [3.63, 3.8) is 0 Å². The molecule has 6 nitrogen and oxygen atoms in total. The number of urea groups is 1. The van der Waals surface area contributed by atoms with Crippen LogP contribution in [0.15, 0.2) is 58.6 Å². The number of hydrogen-bond donors (Lipinski definition) is 1. The molecule has 162 valence electrons. The minimum absolute atomic E-state index is 0.00620. The average molecular weight is 500 g/mol. The van der Waals surface area contributed by atoms with Gasteiger partial charge in [-0.2, -0.15) is 0 Å². The lowest BCUT2D eigenvalue weighted by atomic mass is 10.1. The van der Waals surface area contributed by atoms with E-state index in [1.807, 2.05) is 0 Å². The molecule has 0 saturated carbocycles. The predicted molar refractivity (Wildman–Crippen MR) is 118 cm³/mol. The van der Waals surface area contributed by atoms with Crippen molar-refractivity contribution in [2.24, 2.45) is 0 Å². The molecule has 0 spiro atoms. The van der Waals surface area contributed by atoms with Crippen LogP contribution < -0.4 is 10.2 Å². The lowest BCUT2D eigenvalue weighted by Crippen LogP contribution is -2.54. The monoisotopic (exact) mass is 499 g/mol. The second kappa shape index (κ2) is 8.16. The smallest absolute Gasteiger partial charge is 0.315 e. The molecule has 9 heteroatoms. The van der Waals surface area contributed by atoms with Crippen LogP contribution in [0.4, 0.5) is 19.3 Å². The van der Waals surface area contributed by atoms with Gasteiger partial charge < -0.3 is 4.57 Å². The van der Waals surface area contributed by atoms with Crippen LogP contribution in [-0.2, 0) is 9.59 Å². The van der Waals surface area contributed by atoms with Crippen LogP contribution in [0.1, 0.15) is 17.0 Å². The Labute approximate surface area is 190 Å². The molecule has 0 aliphatic carbocycles. The van der Waals surface area contributed by atoms with Crippen molar-refractivity contribution in [3.05, 3.63) is 87.2 Å². The van der Waals surface area contributed by atoms with Crippen LogP contribution in [-0.4, -0.2) is 22.4 Å². The fourth-order valence-electron chi connectivity index (χ4n) is 3.63. The van der Waals surface area contributed by atoms with Crippen molar-refractivity contribution in [1.29, 1.82) is 0 Å². The van der Waals surface area contributed by atoms with Crippen LogP contribution in [0.2, 0.25) is 0 Å². The average Bonchev–Trinajstić information content (AvgIpc) is 2.98. The van der Waals surface area contributed by atoms with Gasteiger partial charge in [0.1, 0.15) is 17.2 Å². The molecule has 0 bridgehead atoms. The SMILES string of the molecule is Cc1cc(/C=C2\C(=O)NC(=O)N(c3cccc(F)c3)C2=O)c(C)n1-c1ccc(Br)cc1F. The van der Waals surface area contributed by atoms with Crippen molar-refractivity contribution in [3.8, 4) is 5.69 Å². The summed E-state index contributed by atoms with van der Waals surface area (Å²) >= 11 is 3.23. The van der Waals surface area contributed by atoms with Crippen molar-refractivity contribution in [2.45, 2.75) is 13.8 Å². The highest BCUT2D eigenvalue weighted by Gasteiger charge is 2.37. The lowest BCUT2D eigenvalue weighted by Gasteiger charge is -2.26. The number of rotatable bonds is 3. The Hall–Kier alpha value is -3.59. The summed E-state index contributed by atoms with van der Waals surface area (Å²) < 4.78 is 30.4. The first-order valence-corrected chi connectivity index (χ1v) is 10.3. The first-order chi connectivity index (χ1) is 15.2. The standard InChI is InChI=1S/C23H16BrF2N3O3/c1-12-8-14(13(2)28(12)20-7-6-15(24)10-19(20)26)9-18-21(30)27-23(32)29(22(18)31)17-5-3-4-16(25)11-17/h3-11H,1-2H3,(H,27,30,32)/b18-9+. The maximum Gasteiger partial charge on any atom is 0.335 e. The third-order valence-electron chi connectivity index (χ3n) is 5.09. The molecule has 1 aliphatic heterocycles. The molecule has 32 heavy (non-hydrogen) atoms. The van der Waals surface area contributed by atoms with Gasteiger partial charge in [0.25, 0.3) is 11.8 Å². The number of imide groups is 2. The number of aryl methyl sites for hydroxylation is 1. The number of anilines is 1. The minimum atomic E-state index is -0.967. The Balaban J connectivity index is 1.78. The zero-order valence-corrected chi connectivity index (χ0v) is 18.5. The first-order valence-electron chi connectivity index (χ1n) is 9.49. The van der Waals surface area contributed by atoms with E-state index < -0.39 is 29.5 Å². The largest absolute Gasteiger partial charge is 0.335 e. The van der Waals surface area contributed by atoms with Crippen LogP contribution >= 0.6 is 15.9 Å². The van der Waals surface area contributed by atoms with E-state index in [0.717, 1.165) is 6.07 Å². The van der Waals surface area contributed by atoms with E-state index in [-0.39, 0.29) is 11.3 Å². The van der Waals surface area contributed by atoms with E-state index in [0.29, 0.717) is 32.0 Å². The summed E-state index contributed by atoms with van der Waals surface area (Å²) in [5.74, 6) is -2.84. The van der Waals surface area contributed by atoms with Crippen LogP contribution in [0, 0.1) is 25.5 Å². The molecule has 1 fully saturated rings. The van der Waals surface area contributed by atoms with Gasteiger partial charge in [-0.1, -0.05) is 22.0 Å². The molecule has 0 radical (unpaired) electrons. The normalized spacial score (nSPS) is 15.5. The minimum Gasteiger partial charge on any atom is -0.315 e. The number of benzene rings is 2. The van der Waals surface area contributed by atoms with Gasteiger partial charge in [0.15, 0.2) is 0 Å². The number of hydrogen-bond acceptors (Lipinski definition) is 3. The summed E-state index contributed by atoms with van der Waals surface area (Å²) in [5.41, 5.74) is 1.77. The number of aromatic nitrogens is 1. The Morgan fingerprint density at radius 2 is 1.75 bits per heavy atom. The Bertz CT molecular complexity index is 1330. The van der Waals surface area contributed by atoms with Gasteiger partial charge in [-0.25, -0.2) is 18.5 Å². The molecule has 1 aliphatic rings. The van der Waals surface area contributed by atoms with E-state index in [2.05, 4.69) is 21.2 Å². The van der Waals surface area contributed by atoms with Gasteiger partial charge in [-0.3, -0.25) is 14.9 Å². The van der Waals surface area contributed by atoms with Gasteiger partial charge in [0, 0.05) is 15.9 Å². The Morgan fingerprint density at radius 1 is 1.00 bits per heavy atom. The fraction of sp³-hybridized carbons (Fsp3) is 0.0870. The predicted octanol–water partition coefficient (Wildman–Crippen LogP) is 4.80. The summed E-state index contributed by atoms with van der Waals surface area (Å²) in [6.45, 7) is 3.49. The van der Waals surface area contributed by atoms with Crippen LogP contribution in [0.3, 0.4) is 0 Å². The maximum absolute atomic E-state index is 14.5. The lowest BCUT2D eigenvalue weighted by molar-refractivity contribution is -0.122. The highest BCUT2D eigenvalue weighted by atomic mass is 79.9. The van der Waals surface area contributed by atoms with Gasteiger partial charge >= 0.3 is 6.03 Å². The summed E-state index contributed by atoms with van der Waals surface area (Å²) in [7, 11) is 0. The second-order valence-corrected chi connectivity index (χ2v) is 8.11. The molecule has 1 aromatic heterocycles. The zero-order valence-electron chi connectivity index (χ0n) is 16.9. The van der Waals surface area contributed by atoms with Gasteiger partial charge in [0.2, 0.25) is 0 Å². The number of nitrogens with one attached hydrogen (secondary N) is 1. The molecule has 0 atom stereocenters. The van der Waals surface area contributed by atoms with Gasteiger partial charge in [-0.15, -0.1) is 0 Å². The molecule has 3 aromatic rings. The number of carbonyl (C=O) groups excluding carboxylic acids is 3. The summed E-state index contributed by atoms with van der Waals surface area (Å²) in [6, 6.07) is 10.3. The third kappa shape index (κ3) is 3.75. The maximum atomic E-state index is 14.5. The Morgan fingerprint density at radius 3 is 2.44 bits per heavy atom.